The molecule has 1 heterocycles. The number of aliphatic hydroxyl groups is 1. The molecular weight excluding hydrogens is 444 g/mol. The summed E-state index contributed by atoms with van der Waals surface area (Å²) in [6.45, 7) is 0.0659. The smallest absolute Gasteiger partial charge is 0.227 e. The van der Waals surface area contributed by atoms with Crippen LogP contribution in [0.25, 0.3) is 0 Å². The van der Waals surface area contributed by atoms with E-state index in [0.29, 0.717) is 34.4 Å². The van der Waals surface area contributed by atoms with E-state index in [9.17, 15) is 14.7 Å². The zero-order valence-corrected chi connectivity index (χ0v) is 19.7. The molecule has 2 atom stereocenters. The fourth-order valence-electron chi connectivity index (χ4n) is 3.68. The number of amides is 2. The van der Waals surface area contributed by atoms with E-state index in [1.165, 1.54) is 33.3 Å². The molecule has 0 saturated carbocycles. The number of methoxy groups -OCH3 is 4. The van der Waals surface area contributed by atoms with Gasteiger partial charge < -0.3 is 39.0 Å². The van der Waals surface area contributed by atoms with Gasteiger partial charge in [-0.2, -0.15) is 0 Å². The summed E-state index contributed by atoms with van der Waals surface area (Å²) in [6, 6.07) is 10.3. The molecule has 3 rings (SSSR count). The molecule has 1 saturated heterocycles. The van der Waals surface area contributed by atoms with Crippen molar-refractivity contribution in [3.05, 3.63) is 36.4 Å². The molecule has 2 N–H and O–H groups in total. The third-order valence-electron chi connectivity index (χ3n) is 5.49. The highest BCUT2D eigenvalue weighted by atomic mass is 16.5. The van der Waals surface area contributed by atoms with Crippen LogP contribution in [-0.2, 0) is 9.59 Å². The first kappa shape index (κ1) is 25.0. The van der Waals surface area contributed by atoms with Gasteiger partial charge >= 0.3 is 0 Å². The molecule has 10 nitrogen and oxygen atoms in total. The molecule has 2 unspecified atom stereocenters. The minimum atomic E-state index is -0.981. The number of anilines is 1. The summed E-state index contributed by atoms with van der Waals surface area (Å²) in [5, 5.41) is 13.0. The van der Waals surface area contributed by atoms with Crippen molar-refractivity contribution in [2.24, 2.45) is 5.92 Å². The Morgan fingerprint density at radius 3 is 2.35 bits per heavy atom. The number of rotatable bonds is 11. The number of ether oxygens (including phenoxy) is 5. The van der Waals surface area contributed by atoms with Crippen LogP contribution < -0.4 is 33.9 Å². The van der Waals surface area contributed by atoms with E-state index in [-0.39, 0.29) is 37.9 Å². The van der Waals surface area contributed by atoms with Gasteiger partial charge in [0.15, 0.2) is 11.5 Å². The van der Waals surface area contributed by atoms with Crippen LogP contribution in [0, 0.1) is 5.92 Å². The van der Waals surface area contributed by atoms with Gasteiger partial charge in [-0.25, -0.2) is 0 Å². The Kier molecular flexibility index (Phi) is 8.42. The summed E-state index contributed by atoms with van der Waals surface area (Å²) in [7, 11) is 6.06. The fraction of sp³-hybridized carbons (Fsp3) is 0.417. The SMILES string of the molecule is COc1ccc(OC)c(N2CC(C(=O)NCC(O)COc3c(OC)cccc3OC)CC2=O)c1. The van der Waals surface area contributed by atoms with Crippen molar-refractivity contribution in [3.8, 4) is 28.7 Å². The third-order valence-corrected chi connectivity index (χ3v) is 5.49. The summed E-state index contributed by atoms with van der Waals surface area (Å²) in [6.07, 6.45) is -0.928. The molecule has 1 aliphatic heterocycles. The summed E-state index contributed by atoms with van der Waals surface area (Å²) < 4.78 is 26.8. The lowest BCUT2D eigenvalue weighted by Crippen LogP contribution is -2.39. The van der Waals surface area contributed by atoms with Crippen LogP contribution >= 0.6 is 0 Å². The number of carbonyl (C=O) groups is 2. The van der Waals surface area contributed by atoms with Crippen molar-refractivity contribution in [3.63, 3.8) is 0 Å². The van der Waals surface area contributed by atoms with Gasteiger partial charge in [-0.3, -0.25) is 9.59 Å². The summed E-state index contributed by atoms with van der Waals surface area (Å²) in [4.78, 5) is 26.8. The molecule has 0 spiro atoms. The molecule has 0 aromatic heterocycles. The second-order valence-corrected chi connectivity index (χ2v) is 7.64. The van der Waals surface area contributed by atoms with E-state index < -0.39 is 12.0 Å². The maximum atomic E-state index is 12.7. The van der Waals surface area contributed by atoms with Crippen molar-refractivity contribution in [2.45, 2.75) is 12.5 Å². The highest BCUT2D eigenvalue weighted by Gasteiger charge is 2.36. The van der Waals surface area contributed by atoms with Crippen molar-refractivity contribution in [2.75, 3.05) is 53.0 Å². The summed E-state index contributed by atoms with van der Waals surface area (Å²) in [5.74, 6) is 1.29. The quantitative estimate of drug-likeness (QED) is 0.505. The average molecular weight is 475 g/mol. The van der Waals surface area contributed by atoms with Crippen LogP contribution in [0.1, 0.15) is 6.42 Å². The van der Waals surface area contributed by atoms with E-state index in [2.05, 4.69) is 5.32 Å². The Hall–Kier alpha value is -3.66. The molecule has 1 aliphatic rings. The van der Waals surface area contributed by atoms with E-state index >= 15 is 0 Å². The number of nitrogens with zero attached hydrogens (tertiary/aromatic N) is 1. The fourth-order valence-corrected chi connectivity index (χ4v) is 3.68. The highest BCUT2D eigenvalue weighted by molar-refractivity contribution is 6.01. The van der Waals surface area contributed by atoms with Crippen LogP contribution in [0.4, 0.5) is 5.69 Å². The van der Waals surface area contributed by atoms with Gasteiger partial charge in [-0.15, -0.1) is 0 Å². The molecule has 34 heavy (non-hydrogen) atoms. The maximum absolute atomic E-state index is 12.7. The number of para-hydroxylation sites is 1. The number of aliphatic hydroxyl groups excluding tert-OH is 1. The average Bonchev–Trinajstić information content (AvgIpc) is 3.26. The van der Waals surface area contributed by atoms with E-state index in [1.807, 2.05) is 0 Å². The van der Waals surface area contributed by atoms with Crippen LogP contribution in [-0.4, -0.2) is 71.2 Å². The van der Waals surface area contributed by atoms with E-state index in [1.54, 1.807) is 36.4 Å². The topological polar surface area (TPSA) is 116 Å². The first-order valence-corrected chi connectivity index (χ1v) is 10.7. The molecule has 0 radical (unpaired) electrons. The molecule has 2 aromatic rings. The first-order valence-electron chi connectivity index (χ1n) is 10.7. The highest BCUT2D eigenvalue weighted by Crippen LogP contribution is 2.37. The minimum absolute atomic E-state index is 0.0382. The number of benzene rings is 2. The Morgan fingerprint density at radius 1 is 1.06 bits per heavy atom. The predicted octanol–water partition coefficient (Wildman–Crippen LogP) is 1.63. The van der Waals surface area contributed by atoms with Gasteiger partial charge in [0.25, 0.3) is 0 Å². The number of carbonyl (C=O) groups excluding carboxylic acids is 2. The van der Waals surface area contributed by atoms with Crippen molar-refractivity contribution >= 4 is 17.5 Å². The lowest BCUT2D eigenvalue weighted by Gasteiger charge is -2.20. The van der Waals surface area contributed by atoms with Gasteiger partial charge in [0.1, 0.15) is 24.2 Å². The number of hydrogen-bond donors (Lipinski definition) is 2. The molecule has 2 amide bonds. The Bertz CT molecular complexity index is 990. The molecule has 1 fully saturated rings. The third kappa shape index (κ3) is 5.63. The Balaban J connectivity index is 1.56. The van der Waals surface area contributed by atoms with Crippen molar-refractivity contribution in [1.29, 1.82) is 0 Å². The monoisotopic (exact) mass is 474 g/mol. The standard InChI is InChI=1S/C24H30N2O8/c1-30-17-8-9-19(31-2)18(11-17)26-13-15(10-22(26)28)24(29)25-12-16(27)14-34-23-20(32-3)6-5-7-21(23)33-4/h5-9,11,15-16,27H,10,12-14H2,1-4H3,(H,25,29). The van der Waals surface area contributed by atoms with Crippen LogP contribution in [0.15, 0.2) is 36.4 Å². The zero-order chi connectivity index (χ0) is 24.7. The second-order valence-electron chi connectivity index (χ2n) is 7.64. The van der Waals surface area contributed by atoms with Crippen LogP contribution in [0.2, 0.25) is 0 Å². The lowest BCUT2D eigenvalue weighted by atomic mass is 10.1. The number of hydrogen-bond acceptors (Lipinski definition) is 8. The van der Waals surface area contributed by atoms with Gasteiger partial charge in [-0.05, 0) is 24.3 Å². The van der Waals surface area contributed by atoms with E-state index in [0.717, 1.165) is 0 Å². The predicted molar refractivity (Wildman–Crippen MR) is 124 cm³/mol. The zero-order valence-electron chi connectivity index (χ0n) is 19.7. The van der Waals surface area contributed by atoms with Crippen molar-refractivity contribution < 1.29 is 38.4 Å². The van der Waals surface area contributed by atoms with Crippen LogP contribution in [0.3, 0.4) is 0 Å². The lowest BCUT2D eigenvalue weighted by molar-refractivity contribution is -0.126. The van der Waals surface area contributed by atoms with Gasteiger partial charge in [0.05, 0.1) is 40.0 Å². The maximum Gasteiger partial charge on any atom is 0.227 e. The molecule has 0 aliphatic carbocycles. The molecule has 10 heteroatoms. The summed E-state index contributed by atoms with van der Waals surface area (Å²) in [5.41, 5.74) is 0.543. The Morgan fingerprint density at radius 2 is 1.74 bits per heavy atom. The molecule has 184 valence electrons. The molecule has 0 bridgehead atoms. The van der Waals surface area contributed by atoms with E-state index in [4.69, 9.17) is 23.7 Å². The second kappa shape index (κ2) is 11.5. The minimum Gasteiger partial charge on any atom is -0.497 e. The van der Waals surface area contributed by atoms with Gasteiger partial charge in [-0.1, -0.05) is 6.07 Å². The number of nitrogens with one attached hydrogen (secondary N) is 1. The van der Waals surface area contributed by atoms with Crippen molar-refractivity contribution in [1.82, 2.24) is 5.32 Å². The van der Waals surface area contributed by atoms with Crippen LogP contribution in [0.5, 0.6) is 28.7 Å². The Labute approximate surface area is 198 Å². The molecular formula is C24H30N2O8. The van der Waals surface area contributed by atoms with Gasteiger partial charge in [0.2, 0.25) is 17.6 Å². The largest absolute Gasteiger partial charge is 0.497 e. The molecule has 2 aromatic carbocycles. The normalized spacial score (nSPS) is 16.1. The summed E-state index contributed by atoms with van der Waals surface area (Å²) >= 11 is 0. The first-order chi connectivity index (χ1) is 16.4. The van der Waals surface area contributed by atoms with Gasteiger partial charge in [0, 0.05) is 25.6 Å².